The monoisotopic (exact) mass is 193 g/mol. The van der Waals surface area contributed by atoms with Crippen molar-refractivity contribution in [3.05, 3.63) is 53.9 Å². The molecule has 3 aromatic rings. The number of benzene rings is 1. The minimum atomic E-state index is 1.25. The summed E-state index contributed by atoms with van der Waals surface area (Å²) >= 11 is 0. The summed E-state index contributed by atoms with van der Waals surface area (Å²) in [5.41, 5.74) is 4.49. The van der Waals surface area contributed by atoms with Gasteiger partial charge in [0.05, 0.1) is 0 Å². The Morgan fingerprint density at radius 1 is 0.933 bits per heavy atom. The highest BCUT2D eigenvalue weighted by Crippen LogP contribution is 2.30. The number of aromatic nitrogens is 1. The van der Waals surface area contributed by atoms with Gasteiger partial charge in [-0.25, -0.2) is 0 Å². The average molecular weight is 193 g/mol. The maximum Gasteiger partial charge on any atom is 0.0491 e. The van der Waals surface area contributed by atoms with Gasteiger partial charge in [-0.05, 0) is 40.8 Å². The molecule has 4 rings (SSSR count). The van der Waals surface area contributed by atoms with Crippen LogP contribution < -0.4 is 0 Å². The average Bonchev–Trinajstić information content (AvgIpc) is 2.47. The lowest BCUT2D eigenvalue weighted by Crippen LogP contribution is -2.03. The molecule has 0 N–H and O–H groups in total. The van der Waals surface area contributed by atoms with E-state index in [1.807, 2.05) is 0 Å². The van der Waals surface area contributed by atoms with Gasteiger partial charge in [-0.2, -0.15) is 0 Å². The molecule has 0 saturated heterocycles. The molecule has 0 radical (unpaired) electrons. The first kappa shape index (κ1) is 7.52. The van der Waals surface area contributed by atoms with Crippen molar-refractivity contribution >= 4 is 16.3 Å². The molecule has 1 nitrogen and oxygen atoms in total. The Morgan fingerprint density at radius 2 is 1.80 bits per heavy atom. The maximum absolute atomic E-state index is 2.31. The van der Waals surface area contributed by atoms with Crippen LogP contribution in [0.15, 0.2) is 42.7 Å². The fourth-order valence-corrected chi connectivity index (χ4v) is 2.55. The molecule has 1 aliphatic carbocycles. The minimum absolute atomic E-state index is 1.25. The molecule has 15 heavy (non-hydrogen) atoms. The summed E-state index contributed by atoms with van der Waals surface area (Å²) in [4.78, 5) is 0. The zero-order valence-electron chi connectivity index (χ0n) is 8.40. The molecule has 2 aromatic heterocycles. The van der Waals surface area contributed by atoms with Crippen LogP contribution in [0.2, 0.25) is 0 Å². The lowest BCUT2D eigenvalue weighted by molar-refractivity contribution is 0.860. The Bertz CT molecular complexity index is 676. The molecule has 0 unspecified atom stereocenters. The molecular weight excluding hydrogens is 182 g/mol. The maximum atomic E-state index is 2.31. The van der Waals surface area contributed by atoms with Gasteiger partial charge in [0, 0.05) is 17.9 Å². The van der Waals surface area contributed by atoms with Gasteiger partial charge >= 0.3 is 0 Å². The third-order valence-electron chi connectivity index (χ3n) is 3.48. The molecule has 0 atom stereocenters. The van der Waals surface area contributed by atoms with E-state index >= 15 is 0 Å². The number of aryl methyl sites for hydroxylation is 2. The molecule has 1 aromatic carbocycles. The Hall–Kier alpha value is -1.76. The van der Waals surface area contributed by atoms with Crippen molar-refractivity contribution in [1.29, 1.82) is 0 Å². The number of hydrogen-bond donors (Lipinski definition) is 0. The lowest BCUT2D eigenvalue weighted by Gasteiger charge is -2.12. The summed E-state index contributed by atoms with van der Waals surface area (Å²) in [6.45, 7) is 0. The quantitative estimate of drug-likeness (QED) is 0.516. The molecule has 72 valence electrons. The molecule has 0 saturated carbocycles. The van der Waals surface area contributed by atoms with Gasteiger partial charge < -0.3 is 4.40 Å². The zero-order chi connectivity index (χ0) is 9.83. The first-order valence-electron chi connectivity index (χ1n) is 5.43. The minimum Gasteiger partial charge on any atom is -0.323 e. The van der Waals surface area contributed by atoms with E-state index in [0.29, 0.717) is 0 Å². The number of rotatable bonds is 0. The zero-order valence-corrected chi connectivity index (χ0v) is 8.40. The second kappa shape index (κ2) is 2.43. The smallest absolute Gasteiger partial charge is 0.0491 e. The van der Waals surface area contributed by atoms with Crippen LogP contribution >= 0.6 is 0 Å². The van der Waals surface area contributed by atoms with Gasteiger partial charge in [0.25, 0.3) is 0 Å². The van der Waals surface area contributed by atoms with Crippen LogP contribution in [-0.4, -0.2) is 4.40 Å². The van der Waals surface area contributed by atoms with Crippen LogP contribution in [0.3, 0.4) is 0 Å². The molecule has 2 heterocycles. The van der Waals surface area contributed by atoms with Crippen LogP contribution in [0.4, 0.5) is 0 Å². The van der Waals surface area contributed by atoms with Crippen molar-refractivity contribution in [3.8, 4) is 0 Å². The molecule has 0 amide bonds. The van der Waals surface area contributed by atoms with Gasteiger partial charge in [0.15, 0.2) is 0 Å². The van der Waals surface area contributed by atoms with E-state index in [-0.39, 0.29) is 0 Å². The highest BCUT2D eigenvalue weighted by molar-refractivity contribution is 5.87. The molecule has 0 fully saturated rings. The number of hydrogen-bond acceptors (Lipinski definition) is 0. The van der Waals surface area contributed by atoms with Crippen molar-refractivity contribution in [2.24, 2.45) is 0 Å². The van der Waals surface area contributed by atoms with Crippen molar-refractivity contribution in [1.82, 2.24) is 4.40 Å². The number of fused-ring (bicyclic) bond motifs is 4. The van der Waals surface area contributed by atoms with E-state index in [9.17, 15) is 0 Å². The van der Waals surface area contributed by atoms with E-state index in [1.54, 1.807) is 5.56 Å². The van der Waals surface area contributed by atoms with Gasteiger partial charge in [-0.1, -0.05) is 24.3 Å². The van der Waals surface area contributed by atoms with Gasteiger partial charge in [0.2, 0.25) is 0 Å². The van der Waals surface area contributed by atoms with Gasteiger partial charge in [0.1, 0.15) is 0 Å². The second-order valence-corrected chi connectivity index (χ2v) is 4.33. The third kappa shape index (κ3) is 0.878. The van der Waals surface area contributed by atoms with Crippen LogP contribution in [-0.2, 0) is 12.8 Å². The normalized spacial score (nSPS) is 14.1. The summed E-state index contributed by atoms with van der Waals surface area (Å²) in [6, 6.07) is 10.9. The SMILES string of the molecule is c1ccc2cn3cc4c(c3cc2c1)CC4. The molecule has 0 bridgehead atoms. The fourth-order valence-electron chi connectivity index (χ4n) is 2.55. The van der Waals surface area contributed by atoms with Gasteiger partial charge in [-0.15, -0.1) is 0 Å². The second-order valence-electron chi connectivity index (χ2n) is 4.33. The summed E-state index contributed by atoms with van der Waals surface area (Å²) in [7, 11) is 0. The highest BCUT2D eigenvalue weighted by atomic mass is 14.9. The fraction of sp³-hybridized carbons (Fsp3) is 0.143. The van der Waals surface area contributed by atoms with Crippen molar-refractivity contribution in [2.75, 3.05) is 0 Å². The first-order chi connectivity index (χ1) is 7.42. The van der Waals surface area contributed by atoms with Crippen LogP contribution in [0, 0.1) is 0 Å². The van der Waals surface area contributed by atoms with E-state index < -0.39 is 0 Å². The van der Waals surface area contributed by atoms with Gasteiger partial charge in [-0.3, -0.25) is 0 Å². The third-order valence-corrected chi connectivity index (χ3v) is 3.48. The summed E-state index contributed by atoms with van der Waals surface area (Å²) < 4.78 is 2.28. The van der Waals surface area contributed by atoms with Crippen LogP contribution in [0.5, 0.6) is 0 Å². The summed E-state index contributed by atoms with van der Waals surface area (Å²) in [5.74, 6) is 0. The van der Waals surface area contributed by atoms with E-state index in [0.717, 1.165) is 0 Å². The Kier molecular flexibility index (Phi) is 1.22. The molecular formula is C14H11N. The largest absolute Gasteiger partial charge is 0.323 e. The first-order valence-corrected chi connectivity index (χ1v) is 5.43. The Morgan fingerprint density at radius 3 is 2.60 bits per heavy atom. The Labute approximate surface area is 88.0 Å². The number of pyridine rings is 1. The standard InChI is InChI=1S/C14H11N/c1-2-4-11-8-15-9-12-5-6-13(12)14(15)7-10(11)3-1/h1-4,7-9H,5-6H2. The van der Waals surface area contributed by atoms with Crippen molar-refractivity contribution in [2.45, 2.75) is 12.8 Å². The molecule has 1 aliphatic rings. The Balaban J connectivity index is 2.23. The number of nitrogens with zero attached hydrogens (tertiary/aromatic N) is 1. The highest BCUT2D eigenvalue weighted by Gasteiger charge is 2.18. The summed E-state index contributed by atoms with van der Waals surface area (Å²) in [5, 5.41) is 2.66. The summed E-state index contributed by atoms with van der Waals surface area (Å²) in [6.07, 6.45) is 7.03. The van der Waals surface area contributed by atoms with Crippen molar-refractivity contribution in [3.63, 3.8) is 0 Å². The van der Waals surface area contributed by atoms with E-state index in [2.05, 4.69) is 47.1 Å². The van der Waals surface area contributed by atoms with Crippen LogP contribution in [0.25, 0.3) is 16.3 Å². The van der Waals surface area contributed by atoms with Crippen LogP contribution in [0.1, 0.15) is 11.1 Å². The van der Waals surface area contributed by atoms with Crippen molar-refractivity contribution < 1.29 is 0 Å². The predicted octanol–water partition coefficient (Wildman–Crippen LogP) is 3.19. The predicted molar refractivity (Wildman–Crippen MR) is 62.3 cm³/mol. The molecule has 1 heteroatoms. The molecule has 0 spiro atoms. The lowest BCUT2D eigenvalue weighted by atomic mass is 9.92. The van der Waals surface area contributed by atoms with E-state index in [1.165, 1.54) is 34.7 Å². The van der Waals surface area contributed by atoms with E-state index in [4.69, 9.17) is 0 Å². The molecule has 0 aliphatic heterocycles. The topological polar surface area (TPSA) is 4.41 Å².